The van der Waals surface area contributed by atoms with Crippen molar-refractivity contribution in [2.45, 2.75) is 32.8 Å². The molecule has 1 aromatic rings. The highest BCUT2D eigenvalue weighted by atomic mass is 16.7. The molecular formula is C13H24N4O3. The number of morpholine rings is 1. The van der Waals surface area contributed by atoms with E-state index in [1.165, 1.54) is 0 Å². The quantitative estimate of drug-likeness (QED) is 0.686. The largest absolute Gasteiger partial charge is 0.374 e. The van der Waals surface area contributed by atoms with Gasteiger partial charge < -0.3 is 19.1 Å². The second-order valence-electron chi connectivity index (χ2n) is 4.86. The molecular weight excluding hydrogens is 260 g/mol. The normalized spacial score (nSPS) is 20.7. The maximum Gasteiger partial charge on any atom is 0.204 e. The molecule has 1 unspecified atom stereocenters. The lowest BCUT2D eigenvalue weighted by Gasteiger charge is -2.29. The van der Waals surface area contributed by atoms with Gasteiger partial charge in [-0.05, 0) is 20.9 Å². The van der Waals surface area contributed by atoms with Gasteiger partial charge in [-0.3, -0.25) is 0 Å². The Bertz CT molecular complexity index is 393. The number of nitrogens with zero attached hydrogens (tertiary/aromatic N) is 4. The SMILES string of the molecule is CCOC(OCC)c1cn(CC2CN(C)CCO2)nn1. The molecule has 1 atom stereocenters. The Labute approximate surface area is 119 Å². The van der Waals surface area contributed by atoms with Crippen molar-refractivity contribution in [2.75, 3.05) is 40.0 Å². The van der Waals surface area contributed by atoms with E-state index in [2.05, 4.69) is 22.3 Å². The summed E-state index contributed by atoms with van der Waals surface area (Å²) in [5.74, 6) is 0. The molecule has 0 aliphatic carbocycles. The molecule has 0 amide bonds. The van der Waals surface area contributed by atoms with E-state index in [1.54, 1.807) is 4.68 Å². The van der Waals surface area contributed by atoms with Crippen LogP contribution in [0.15, 0.2) is 6.20 Å². The van der Waals surface area contributed by atoms with Crippen molar-refractivity contribution in [2.24, 2.45) is 0 Å². The molecule has 0 saturated carbocycles. The van der Waals surface area contributed by atoms with Gasteiger partial charge in [-0.15, -0.1) is 5.10 Å². The van der Waals surface area contributed by atoms with Crippen LogP contribution >= 0.6 is 0 Å². The van der Waals surface area contributed by atoms with E-state index in [0.717, 1.165) is 19.7 Å². The van der Waals surface area contributed by atoms with Crippen LogP contribution in [0.2, 0.25) is 0 Å². The zero-order valence-electron chi connectivity index (χ0n) is 12.5. The van der Waals surface area contributed by atoms with Gasteiger partial charge in [0, 0.05) is 26.3 Å². The fraction of sp³-hybridized carbons (Fsp3) is 0.846. The minimum atomic E-state index is -0.436. The summed E-state index contributed by atoms with van der Waals surface area (Å²) in [6.45, 7) is 8.38. The Balaban J connectivity index is 1.93. The van der Waals surface area contributed by atoms with Crippen LogP contribution in [0.4, 0.5) is 0 Å². The first-order valence-electron chi connectivity index (χ1n) is 7.16. The van der Waals surface area contributed by atoms with Crippen molar-refractivity contribution >= 4 is 0 Å². The van der Waals surface area contributed by atoms with Gasteiger partial charge in [0.2, 0.25) is 6.29 Å². The summed E-state index contributed by atoms with van der Waals surface area (Å²) < 4.78 is 18.5. The summed E-state index contributed by atoms with van der Waals surface area (Å²) in [5, 5.41) is 8.26. The van der Waals surface area contributed by atoms with Crippen molar-refractivity contribution in [3.05, 3.63) is 11.9 Å². The topological polar surface area (TPSA) is 61.6 Å². The molecule has 2 heterocycles. The van der Waals surface area contributed by atoms with E-state index >= 15 is 0 Å². The van der Waals surface area contributed by atoms with E-state index in [9.17, 15) is 0 Å². The van der Waals surface area contributed by atoms with Gasteiger partial charge in [-0.25, -0.2) is 4.68 Å². The maximum atomic E-state index is 5.72. The van der Waals surface area contributed by atoms with Crippen LogP contribution in [0.1, 0.15) is 25.8 Å². The first-order chi connectivity index (χ1) is 9.72. The molecule has 0 aromatic carbocycles. The molecule has 1 fully saturated rings. The van der Waals surface area contributed by atoms with Gasteiger partial charge in [0.05, 0.1) is 25.5 Å². The molecule has 0 N–H and O–H groups in total. The van der Waals surface area contributed by atoms with Crippen molar-refractivity contribution in [3.8, 4) is 0 Å². The third kappa shape index (κ3) is 4.24. The van der Waals surface area contributed by atoms with Gasteiger partial charge in [0.25, 0.3) is 0 Å². The fourth-order valence-electron chi connectivity index (χ4n) is 2.22. The summed E-state index contributed by atoms with van der Waals surface area (Å²) in [6.07, 6.45) is 1.59. The van der Waals surface area contributed by atoms with Gasteiger partial charge in [0.1, 0.15) is 5.69 Å². The molecule has 1 saturated heterocycles. The molecule has 7 nitrogen and oxygen atoms in total. The second kappa shape index (κ2) is 7.68. The van der Waals surface area contributed by atoms with E-state index in [0.29, 0.717) is 25.5 Å². The Morgan fingerprint density at radius 3 is 2.80 bits per heavy atom. The van der Waals surface area contributed by atoms with Crippen molar-refractivity contribution in [1.82, 2.24) is 19.9 Å². The minimum absolute atomic E-state index is 0.154. The first kappa shape index (κ1) is 15.4. The Kier molecular flexibility index (Phi) is 5.90. The lowest BCUT2D eigenvalue weighted by Crippen LogP contribution is -2.42. The average Bonchev–Trinajstić information content (AvgIpc) is 2.87. The fourth-order valence-corrected chi connectivity index (χ4v) is 2.22. The Morgan fingerprint density at radius 1 is 1.40 bits per heavy atom. The van der Waals surface area contributed by atoms with Crippen LogP contribution in [0.5, 0.6) is 0 Å². The minimum Gasteiger partial charge on any atom is -0.374 e. The van der Waals surface area contributed by atoms with Gasteiger partial charge >= 0.3 is 0 Å². The number of ether oxygens (including phenoxy) is 3. The number of likely N-dealkylation sites (N-methyl/N-ethyl adjacent to an activating group) is 1. The highest BCUT2D eigenvalue weighted by Gasteiger charge is 2.20. The predicted molar refractivity (Wildman–Crippen MR) is 73.3 cm³/mol. The molecule has 0 radical (unpaired) electrons. The highest BCUT2D eigenvalue weighted by molar-refractivity contribution is 4.95. The first-order valence-corrected chi connectivity index (χ1v) is 7.16. The monoisotopic (exact) mass is 284 g/mol. The van der Waals surface area contributed by atoms with Crippen LogP contribution < -0.4 is 0 Å². The molecule has 0 bridgehead atoms. The maximum absolute atomic E-state index is 5.72. The zero-order chi connectivity index (χ0) is 14.4. The van der Waals surface area contributed by atoms with Crippen molar-refractivity contribution in [1.29, 1.82) is 0 Å². The molecule has 2 rings (SSSR count). The van der Waals surface area contributed by atoms with Gasteiger partial charge in [0.15, 0.2) is 0 Å². The highest BCUT2D eigenvalue weighted by Crippen LogP contribution is 2.16. The van der Waals surface area contributed by atoms with Crippen LogP contribution in [0, 0.1) is 0 Å². The Hall–Kier alpha value is -1.02. The number of rotatable bonds is 7. The van der Waals surface area contributed by atoms with Crippen LogP contribution in [0.3, 0.4) is 0 Å². The third-order valence-corrected chi connectivity index (χ3v) is 3.17. The number of hydrogen-bond donors (Lipinski definition) is 0. The van der Waals surface area contributed by atoms with Crippen LogP contribution in [-0.2, 0) is 20.8 Å². The van der Waals surface area contributed by atoms with E-state index in [1.807, 2.05) is 20.0 Å². The molecule has 20 heavy (non-hydrogen) atoms. The Morgan fingerprint density at radius 2 is 2.15 bits per heavy atom. The molecule has 1 aliphatic heterocycles. The van der Waals surface area contributed by atoms with Crippen LogP contribution in [-0.4, -0.2) is 66.0 Å². The summed E-state index contributed by atoms with van der Waals surface area (Å²) in [4.78, 5) is 2.26. The molecule has 1 aromatic heterocycles. The smallest absolute Gasteiger partial charge is 0.204 e. The van der Waals surface area contributed by atoms with E-state index < -0.39 is 6.29 Å². The van der Waals surface area contributed by atoms with Gasteiger partial charge in [-0.2, -0.15) is 0 Å². The second-order valence-corrected chi connectivity index (χ2v) is 4.86. The van der Waals surface area contributed by atoms with Gasteiger partial charge in [-0.1, -0.05) is 5.21 Å². The predicted octanol–water partition coefficient (Wildman–Crippen LogP) is 0.680. The lowest BCUT2D eigenvalue weighted by molar-refractivity contribution is -0.142. The summed E-state index contributed by atoms with van der Waals surface area (Å²) >= 11 is 0. The third-order valence-electron chi connectivity index (χ3n) is 3.17. The van der Waals surface area contributed by atoms with Crippen molar-refractivity contribution < 1.29 is 14.2 Å². The zero-order valence-corrected chi connectivity index (χ0v) is 12.5. The average molecular weight is 284 g/mol. The van der Waals surface area contributed by atoms with Crippen LogP contribution in [0.25, 0.3) is 0 Å². The number of aromatic nitrogens is 3. The standard InChI is InChI=1S/C13H24N4O3/c1-4-18-13(19-5-2)12-10-17(15-14-12)9-11-8-16(3)6-7-20-11/h10-11,13H,4-9H2,1-3H3. The summed E-state index contributed by atoms with van der Waals surface area (Å²) in [6, 6.07) is 0. The van der Waals surface area contributed by atoms with E-state index in [4.69, 9.17) is 14.2 Å². The summed E-state index contributed by atoms with van der Waals surface area (Å²) in [7, 11) is 2.10. The summed E-state index contributed by atoms with van der Waals surface area (Å²) in [5.41, 5.74) is 0.706. The molecule has 1 aliphatic rings. The molecule has 114 valence electrons. The van der Waals surface area contributed by atoms with E-state index in [-0.39, 0.29) is 6.10 Å². The molecule has 7 heteroatoms. The lowest BCUT2D eigenvalue weighted by atomic mass is 10.3. The molecule has 0 spiro atoms. The number of hydrogen-bond acceptors (Lipinski definition) is 6. The van der Waals surface area contributed by atoms with Crippen molar-refractivity contribution in [3.63, 3.8) is 0 Å².